The van der Waals surface area contributed by atoms with Crippen LogP contribution in [0.3, 0.4) is 0 Å². The Morgan fingerprint density at radius 1 is 1.08 bits per heavy atom. The Morgan fingerprint density at radius 3 is 2.08 bits per heavy atom. The van der Waals surface area contributed by atoms with Gasteiger partial charge < -0.3 is 11.1 Å². The van der Waals surface area contributed by atoms with Crippen LogP contribution in [-0.4, -0.2) is 31.9 Å². The third-order valence-electron chi connectivity index (χ3n) is 3.97. The average Bonchev–Trinajstić information content (AvgIpc) is 2.47. The first-order valence-electron chi connectivity index (χ1n) is 8.27. The fourth-order valence-corrected chi connectivity index (χ4v) is 4.20. The minimum atomic E-state index is -3.59. The molecule has 0 radical (unpaired) electrons. The molecule has 0 spiro atoms. The second kappa shape index (κ2) is 8.49. The molecular formula is C17H28ClN3O3S. The van der Waals surface area contributed by atoms with E-state index in [1.54, 1.807) is 32.9 Å². The van der Waals surface area contributed by atoms with E-state index in [9.17, 15) is 13.2 Å². The van der Waals surface area contributed by atoms with Crippen molar-refractivity contribution in [2.45, 2.75) is 69.0 Å². The first kappa shape index (κ1) is 21.9. The third kappa shape index (κ3) is 6.58. The van der Waals surface area contributed by atoms with E-state index in [2.05, 4.69) is 10.0 Å². The van der Waals surface area contributed by atoms with Gasteiger partial charge in [-0.05, 0) is 70.7 Å². The smallest absolute Gasteiger partial charge is 0.251 e. The maximum absolute atomic E-state index is 12.3. The molecule has 2 rings (SSSR count). The lowest BCUT2D eigenvalue weighted by Crippen LogP contribution is -2.41. The Bertz CT molecular complexity index is 676. The van der Waals surface area contributed by atoms with Gasteiger partial charge in [-0.2, -0.15) is 0 Å². The average molecular weight is 390 g/mol. The van der Waals surface area contributed by atoms with Crippen molar-refractivity contribution >= 4 is 28.3 Å². The van der Waals surface area contributed by atoms with Crippen LogP contribution in [0.5, 0.6) is 0 Å². The summed E-state index contributed by atoms with van der Waals surface area (Å²) >= 11 is 0. The number of sulfonamides is 1. The molecule has 0 aromatic heterocycles. The molecule has 25 heavy (non-hydrogen) atoms. The summed E-state index contributed by atoms with van der Waals surface area (Å²) in [5, 5.41) is 2.99. The van der Waals surface area contributed by atoms with Gasteiger partial charge in [0.05, 0.1) is 4.90 Å². The zero-order chi connectivity index (χ0) is 18.0. The zero-order valence-corrected chi connectivity index (χ0v) is 16.5. The maximum atomic E-state index is 12.3. The number of amides is 1. The van der Waals surface area contributed by atoms with Gasteiger partial charge in [-0.15, -0.1) is 12.4 Å². The predicted octanol–water partition coefficient (Wildman–Crippen LogP) is 2.18. The minimum Gasteiger partial charge on any atom is -0.349 e. The Hall–Kier alpha value is -1.15. The highest BCUT2D eigenvalue weighted by Gasteiger charge is 2.23. The number of nitrogens with one attached hydrogen (secondary N) is 2. The van der Waals surface area contributed by atoms with Gasteiger partial charge in [0.2, 0.25) is 10.0 Å². The Labute approximate surface area is 156 Å². The molecule has 8 heteroatoms. The molecule has 1 amide bonds. The number of carbonyl (C=O) groups excluding carboxylic acids is 1. The summed E-state index contributed by atoms with van der Waals surface area (Å²) in [6.45, 7) is 5.34. The van der Waals surface area contributed by atoms with Crippen LogP contribution in [-0.2, 0) is 10.0 Å². The van der Waals surface area contributed by atoms with E-state index in [1.165, 1.54) is 12.1 Å². The fourth-order valence-electron chi connectivity index (χ4n) is 2.78. The molecule has 0 unspecified atom stereocenters. The van der Waals surface area contributed by atoms with Gasteiger partial charge in [0, 0.05) is 23.2 Å². The number of halogens is 1. The van der Waals surface area contributed by atoms with Gasteiger partial charge in [-0.25, -0.2) is 13.1 Å². The van der Waals surface area contributed by atoms with Gasteiger partial charge in [0.15, 0.2) is 0 Å². The molecule has 0 saturated heterocycles. The van der Waals surface area contributed by atoms with Crippen LogP contribution >= 0.6 is 12.4 Å². The van der Waals surface area contributed by atoms with Crippen molar-refractivity contribution in [1.29, 1.82) is 0 Å². The Morgan fingerprint density at radius 2 is 1.60 bits per heavy atom. The van der Waals surface area contributed by atoms with Crippen LogP contribution in [0.25, 0.3) is 0 Å². The van der Waals surface area contributed by atoms with E-state index in [0.717, 1.165) is 25.7 Å². The van der Waals surface area contributed by atoms with Crippen molar-refractivity contribution in [3.63, 3.8) is 0 Å². The van der Waals surface area contributed by atoms with Crippen molar-refractivity contribution < 1.29 is 13.2 Å². The molecule has 1 fully saturated rings. The molecule has 4 N–H and O–H groups in total. The van der Waals surface area contributed by atoms with Gasteiger partial charge in [0.25, 0.3) is 5.91 Å². The molecular weight excluding hydrogens is 362 g/mol. The molecule has 0 atom stereocenters. The van der Waals surface area contributed by atoms with Gasteiger partial charge in [-0.3, -0.25) is 4.79 Å². The van der Waals surface area contributed by atoms with Crippen molar-refractivity contribution in [1.82, 2.24) is 10.0 Å². The lowest BCUT2D eigenvalue weighted by Gasteiger charge is -2.26. The van der Waals surface area contributed by atoms with E-state index in [4.69, 9.17) is 5.73 Å². The third-order valence-corrected chi connectivity index (χ3v) is 5.75. The van der Waals surface area contributed by atoms with Crippen molar-refractivity contribution in [3.05, 3.63) is 29.8 Å². The van der Waals surface area contributed by atoms with Crippen LogP contribution in [0.15, 0.2) is 29.2 Å². The summed E-state index contributed by atoms with van der Waals surface area (Å²) in [6.07, 6.45) is 3.60. The molecule has 1 aromatic carbocycles. The first-order valence-corrected chi connectivity index (χ1v) is 9.76. The van der Waals surface area contributed by atoms with Crippen molar-refractivity contribution in [2.24, 2.45) is 5.73 Å². The van der Waals surface area contributed by atoms with E-state index in [0.29, 0.717) is 5.56 Å². The van der Waals surface area contributed by atoms with Gasteiger partial charge in [0.1, 0.15) is 0 Å². The Balaban J connectivity index is 0.00000312. The summed E-state index contributed by atoms with van der Waals surface area (Å²) in [7, 11) is -3.59. The number of hydrogen-bond acceptors (Lipinski definition) is 4. The highest BCUT2D eigenvalue weighted by atomic mass is 35.5. The van der Waals surface area contributed by atoms with Gasteiger partial charge >= 0.3 is 0 Å². The van der Waals surface area contributed by atoms with Crippen LogP contribution in [0.1, 0.15) is 56.8 Å². The molecule has 6 nitrogen and oxygen atoms in total. The number of hydrogen-bond donors (Lipinski definition) is 3. The monoisotopic (exact) mass is 389 g/mol. The molecule has 0 aliphatic heterocycles. The molecule has 142 valence electrons. The largest absolute Gasteiger partial charge is 0.349 e. The molecule has 1 saturated carbocycles. The SMILES string of the molecule is CC(C)(C)NS(=O)(=O)c1ccc(C(=O)NC2CCC(N)CC2)cc1.Cl. The summed E-state index contributed by atoms with van der Waals surface area (Å²) in [5.74, 6) is -0.178. The quantitative estimate of drug-likeness (QED) is 0.734. The summed E-state index contributed by atoms with van der Waals surface area (Å²) < 4.78 is 27.1. The lowest BCUT2D eigenvalue weighted by molar-refractivity contribution is 0.0925. The summed E-state index contributed by atoms with van der Waals surface area (Å²) in [6, 6.07) is 6.38. The first-order chi connectivity index (χ1) is 11.1. The second-order valence-electron chi connectivity index (χ2n) is 7.47. The van der Waals surface area contributed by atoms with Crippen LogP contribution in [0, 0.1) is 0 Å². The zero-order valence-electron chi connectivity index (χ0n) is 14.9. The van der Waals surface area contributed by atoms with E-state index in [-0.39, 0.29) is 35.3 Å². The number of nitrogens with two attached hydrogens (primary N) is 1. The molecule has 0 heterocycles. The lowest BCUT2D eigenvalue weighted by atomic mass is 9.91. The summed E-state index contributed by atoms with van der Waals surface area (Å²) in [4.78, 5) is 12.4. The highest BCUT2D eigenvalue weighted by Crippen LogP contribution is 2.18. The van der Waals surface area contributed by atoms with E-state index < -0.39 is 15.6 Å². The van der Waals surface area contributed by atoms with Crippen LogP contribution in [0.2, 0.25) is 0 Å². The molecule has 1 aromatic rings. The van der Waals surface area contributed by atoms with Crippen molar-refractivity contribution in [2.75, 3.05) is 0 Å². The van der Waals surface area contributed by atoms with Crippen LogP contribution < -0.4 is 15.8 Å². The minimum absolute atomic E-state index is 0. The topological polar surface area (TPSA) is 101 Å². The maximum Gasteiger partial charge on any atom is 0.251 e. The fraction of sp³-hybridized carbons (Fsp3) is 0.588. The standard InChI is InChI=1S/C17H27N3O3S.ClH/c1-17(2,3)20-24(22,23)15-10-4-12(5-11-15)16(21)19-14-8-6-13(18)7-9-14;/h4-5,10-11,13-14,20H,6-9,18H2,1-3H3,(H,19,21);1H. The van der Waals surface area contributed by atoms with Crippen LogP contribution in [0.4, 0.5) is 0 Å². The predicted molar refractivity (Wildman–Crippen MR) is 101 cm³/mol. The summed E-state index contributed by atoms with van der Waals surface area (Å²) in [5.41, 5.74) is 5.76. The normalized spacial score (nSPS) is 21.3. The molecule has 0 bridgehead atoms. The van der Waals surface area contributed by atoms with E-state index in [1.807, 2.05) is 0 Å². The van der Waals surface area contributed by atoms with Gasteiger partial charge in [-0.1, -0.05) is 0 Å². The molecule has 1 aliphatic carbocycles. The second-order valence-corrected chi connectivity index (χ2v) is 9.15. The molecule has 1 aliphatic rings. The number of carbonyl (C=O) groups is 1. The number of benzene rings is 1. The number of rotatable bonds is 4. The highest BCUT2D eigenvalue weighted by molar-refractivity contribution is 7.89. The Kier molecular flexibility index (Phi) is 7.43. The van der Waals surface area contributed by atoms with Crippen molar-refractivity contribution in [3.8, 4) is 0 Å². The van der Waals surface area contributed by atoms with E-state index >= 15 is 0 Å².